The third-order valence-electron chi connectivity index (χ3n) is 5.00. The highest BCUT2D eigenvalue weighted by Crippen LogP contribution is 2.25. The maximum atomic E-state index is 14.6. The van der Waals surface area contributed by atoms with Crippen molar-refractivity contribution in [1.82, 2.24) is 20.2 Å². The van der Waals surface area contributed by atoms with E-state index in [-0.39, 0.29) is 23.7 Å². The first-order valence-electron chi connectivity index (χ1n) is 9.98. The van der Waals surface area contributed by atoms with Gasteiger partial charge >= 0.3 is 6.03 Å². The lowest BCUT2D eigenvalue weighted by molar-refractivity contribution is 0.133. The van der Waals surface area contributed by atoms with Gasteiger partial charge in [-0.3, -0.25) is 0 Å². The number of rotatable bonds is 6. The van der Waals surface area contributed by atoms with Crippen molar-refractivity contribution in [3.05, 3.63) is 52.6 Å². The minimum absolute atomic E-state index is 0.0525. The Kier molecular flexibility index (Phi) is 6.81. The summed E-state index contributed by atoms with van der Waals surface area (Å²) < 4.78 is 27.6. The fourth-order valence-corrected chi connectivity index (χ4v) is 3.43. The number of carbonyl (C=O) groups excluding carboxylic acids is 1. The van der Waals surface area contributed by atoms with E-state index in [4.69, 9.17) is 0 Å². The van der Waals surface area contributed by atoms with Gasteiger partial charge in [0.1, 0.15) is 12.5 Å². The molecule has 0 aliphatic carbocycles. The molecule has 2 amide bonds. The average Bonchev–Trinajstić information content (AvgIpc) is 2.71. The molecule has 1 aromatic heterocycles. The van der Waals surface area contributed by atoms with Crippen LogP contribution in [0.25, 0.3) is 0 Å². The topological polar surface area (TPSA) is 90.4 Å². The lowest BCUT2D eigenvalue weighted by Gasteiger charge is -2.31. The zero-order valence-electron chi connectivity index (χ0n) is 17.3. The second-order valence-corrected chi connectivity index (χ2v) is 7.76. The molecule has 3 rings (SSSR count). The summed E-state index contributed by atoms with van der Waals surface area (Å²) in [5, 5.41) is 16.0. The molecule has 162 valence electrons. The van der Waals surface area contributed by atoms with Gasteiger partial charge in [-0.05, 0) is 32.8 Å². The third-order valence-corrected chi connectivity index (χ3v) is 5.00. The summed E-state index contributed by atoms with van der Waals surface area (Å²) >= 11 is 0. The van der Waals surface area contributed by atoms with Crippen LogP contribution >= 0.6 is 0 Å². The van der Waals surface area contributed by atoms with Crippen LogP contribution in [0, 0.1) is 5.82 Å². The van der Waals surface area contributed by atoms with Crippen molar-refractivity contribution in [2.24, 2.45) is 0 Å². The molecule has 30 heavy (non-hydrogen) atoms. The van der Waals surface area contributed by atoms with Crippen LogP contribution in [0.2, 0.25) is 0 Å². The zero-order valence-corrected chi connectivity index (χ0v) is 17.3. The normalized spacial score (nSPS) is 15.5. The van der Waals surface area contributed by atoms with Gasteiger partial charge in [0, 0.05) is 29.9 Å². The molecule has 0 unspecified atom stereocenters. The van der Waals surface area contributed by atoms with Crippen molar-refractivity contribution in [2.75, 3.05) is 11.9 Å². The molecule has 0 saturated heterocycles. The number of alkyl halides is 1. The van der Waals surface area contributed by atoms with E-state index in [0.29, 0.717) is 18.9 Å². The van der Waals surface area contributed by atoms with Crippen molar-refractivity contribution >= 4 is 12.0 Å². The number of urea groups is 1. The Hall–Kier alpha value is -2.81. The number of fused-ring (bicyclic) bond motifs is 1. The Morgan fingerprint density at radius 2 is 2.10 bits per heavy atom. The molecule has 0 fully saturated rings. The quantitative estimate of drug-likeness (QED) is 0.670. The number of hydrogen-bond acceptors (Lipinski definition) is 5. The van der Waals surface area contributed by atoms with Gasteiger partial charge in [-0.1, -0.05) is 18.2 Å². The number of halogens is 2. The molecule has 2 aromatic rings. The second-order valence-electron chi connectivity index (χ2n) is 7.76. The van der Waals surface area contributed by atoms with Gasteiger partial charge in [-0.25, -0.2) is 23.5 Å². The largest absolute Gasteiger partial charge is 0.391 e. The van der Waals surface area contributed by atoms with Gasteiger partial charge in [0.15, 0.2) is 0 Å². The zero-order chi connectivity index (χ0) is 21.8. The molecule has 1 aromatic carbocycles. The van der Waals surface area contributed by atoms with Crippen LogP contribution in [0.4, 0.5) is 19.5 Å². The van der Waals surface area contributed by atoms with Crippen LogP contribution in [0.15, 0.2) is 24.4 Å². The Bertz CT molecular complexity index is 907. The SMILES string of the molecule is CC(C)Nc1ncc2c(n1)CN(C(=O)N[C@@H](c1cccc(CF)c1F)[C@H](C)O)CC2. The van der Waals surface area contributed by atoms with E-state index in [2.05, 4.69) is 20.6 Å². The Labute approximate surface area is 174 Å². The number of amides is 2. The molecule has 0 spiro atoms. The van der Waals surface area contributed by atoms with Gasteiger partial charge < -0.3 is 20.6 Å². The van der Waals surface area contributed by atoms with E-state index >= 15 is 0 Å². The molecule has 0 saturated carbocycles. The molecule has 7 nitrogen and oxygen atoms in total. The summed E-state index contributed by atoms with van der Waals surface area (Å²) in [6.07, 6.45) is 1.29. The van der Waals surface area contributed by atoms with E-state index in [1.807, 2.05) is 13.8 Å². The van der Waals surface area contributed by atoms with E-state index in [1.165, 1.54) is 25.1 Å². The fourth-order valence-electron chi connectivity index (χ4n) is 3.43. The van der Waals surface area contributed by atoms with Crippen LogP contribution in [-0.2, 0) is 19.6 Å². The van der Waals surface area contributed by atoms with Crippen molar-refractivity contribution in [1.29, 1.82) is 0 Å². The smallest absolute Gasteiger partial charge is 0.318 e. The summed E-state index contributed by atoms with van der Waals surface area (Å²) in [6.45, 7) is 5.17. The van der Waals surface area contributed by atoms with Gasteiger partial charge in [0.05, 0.1) is 24.4 Å². The van der Waals surface area contributed by atoms with Gasteiger partial charge in [-0.15, -0.1) is 0 Å². The minimum Gasteiger partial charge on any atom is -0.391 e. The van der Waals surface area contributed by atoms with Crippen LogP contribution in [0.3, 0.4) is 0 Å². The van der Waals surface area contributed by atoms with Crippen molar-refractivity contribution < 1.29 is 18.7 Å². The second kappa shape index (κ2) is 9.34. The lowest BCUT2D eigenvalue weighted by Crippen LogP contribution is -2.46. The first kappa shape index (κ1) is 21.9. The number of benzene rings is 1. The predicted molar refractivity (Wildman–Crippen MR) is 109 cm³/mol. The molecule has 9 heteroatoms. The molecular weight excluding hydrogens is 392 g/mol. The monoisotopic (exact) mass is 419 g/mol. The van der Waals surface area contributed by atoms with Gasteiger partial charge in [0.2, 0.25) is 5.95 Å². The first-order valence-corrected chi connectivity index (χ1v) is 9.98. The maximum absolute atomic E-state index is 14.6. The fraction of sp³-hybridized carbons (Fsp3) is 0.476. The molecular formula is C21H27F2N5O2. The summed E-state index contributed by atoms with van der Waals surface area (Å²) in [6, 6.07) is 3.00. The standard InChI is InChI=1S/C21H27F2N5O2/c1-12(2)25-20-24-10-15-7-8-28(11-17(15)26-20)21(30)27-19(13(3)29)16-6-4-5-14(9-22)18(16)23/h4-6,10,12-13,19,29H,7-9,11H2,1-3H3,(H,27,30)(H,24,25,26)/t13-,19+/m0/s1. The van der Waals surface area contributed by atoms with Crippen LogP contribution in [-0.4, -0.2) is 44.7 Å². The van der Waals surface area contributed by atoms with E-state index < -0.39 is 30.7 Å². The van der Waals surface area contributed by atoms with Crippen molar-refractivity contribution in [3.63, 3.8) is 0 Å². The highest BCUT2D eigenvalue weighted by molar-refractivity contribution is 5.75. The van der Waals surface area contributed by atoms with Gasteiger partial charge in [-0.2, -0.15) is 0 Å². The van der Waals surface area contributed by atoms with E-state index in [9.17, 15) is 18.7 Å². The summed E-state index contributed by atoms with van der Waals surface area (Å²) in [5.41, 5.74) is 1.66. The Morgan fingerprint density at radius 1 is 1.33 bits per heavy atom. The summed E-state index contributed by atoms with van der Waals surface area (Å²) in [5.74, 6) is -0.259. The maximum Gasteiger partial charge on any atom is 0.318 e. The Morgan fingerprint density at radius 3 is 2.77 bits per heavy atom. The number of nitrogens with zero attached hydrogens (tertiary/aromatic N) is 3. The summed E-state index contributed by atoms with van der Waals surface area (Å²) in [7, 11) is 0. The number of carbonyl (C=O) groups is 1. The molecule has 0 radical (unpaired) electrons. The molecule has 2 atom stereocenters. The van der Waals surface area contributed by atoms with Crippen LogP contribution in [0.5, 0.6) is 0 Å². The number of aromatic nitrogens is 2. The lowest BCUT2D eigenvalue weighted by atomic mass is 9.99. The molecule has 0 bridgehead atoms. The predicted octanol–water partition coefficient (Wildman–Crippen LogP) is 3.10. The number of nitrogens with one attached hydrogen (secondary N) is 2. The van der Waals surface area contributed by atoms with Gasteiger partial charge in [0.25, 0.3) is 0 Å². The average molecular weight is 419 g/mol. The van der Waals surface area contributed by atoms with Crippen LogP contribution in [0.1, 0.15) is 49.2 Å². The number of aliphatic hydroxyl groups is 1. The van der Waals surface area contributed by atoms with Crippen molar-refractivity contribution in [3.8, 4) is 0 Å². The molecule has 1 aliphatic heterocycles. The molecule has 2 heterocycles. The number of hydrogen-bond donors (Lipinski definition) is 3. The van der Waals surface area contributed by atoms with E-state index in [1.54, 1.807) is 11.1 Å². The number of aliphatic hydroxyl groups excluding tert-OH is 1. The highest BCUT2D eigenvalue weighted by Gasteiger charge is 2.28. The van der Waals surface area contributed by atoms with Crippen LogP contribution < -0.4 is 10.6 Å². The first-order chi connectivity index (χ1) is 14.3. The van der Waals surface area contributed by atoms with E-state index in [0.717, 1.165) is 11.3 Å². The number of anilines is 1. The molecule has 1 aliphatic rings. The summed E-state index contributed by atoms with van der Waals surface area (Å²) in [4.78, 5) is 23.2. The highest BCUT2D eigenvalue weighted by atomic mass is 19.1. The van der Waals surface area contributed by atoms with Crippen molar-refractivity contribution in [2.45, 2.75) is 58.6 Å². The third kappa shape index (κ3) is 4.84. The minimum atomic E-state index is -1.07. The molecule has 3 N–H and O–H groups in total. The Balaban J connectivity index is 1.76.